The Morgan fingerprint density at radius 2 is 2.00 bits per heavy atom. The first kappa shape index (κ1) is 20.5. The van der Waals surface area contributed by atoms with E-state index in [4.69, 9.17) is 11.6 Å². The molecule has 0 aliphatic carbocycles. The lowest BCUT2D eigenvalue weighted by Gasteiger charge is -2.37. The highest BCUT2D eigenvalue weighted by Gasteiger charge is 2.27. The molecule has 0 unspecified atom stereocenters. The summed E-state index contributed by atoms with van der Waals surface area (Å²) in [6, 6.07) is 7.15. The maximum absolute atomic E-state index is 12.7. The number of hydrogen-bond donors (Lipinski definition) is 3. The van der Waals surface area contributed by atoms with Crippen LogP contribution in [0.5, 0.6) is 0 Å². The van der Waals surface area contributed by atoms with Gasteiger partial charge in [0.2, 0.25) is 5.91 Å². The number of halogens is 1. The molecule has 160 valence electrons. The standard InChI is InChI=1S/C21H27ClN6O2/c1-23-19-13-18(15-6-5-14(22)12-17(15)25-19)27-8-10-28(11-9-27)21(30)26-16-4-2-3-7-24-20(16)29/h5-6,12-13,16H,2-4,7-11H2,1H3,(H,23,25)(H,24,29)(H,26,30)/t16-/m0/s1. The minimum Gasteiger partial charge on any atom is -0.373 e. The topological polar surface area (TPSA) is 89.6 Å². The van der Waals surface area contributed by atoms with E-state index in [0.717, 1.165) is 35.2 Å². The molecule has 8 nitrogen and oxygen atoms in total. The van der Waals surface area contributed by atoms with Crippen molar-refractivity contribution in [3.05, 3.63) is 29.3 Å². The highest BCUT2D eigenvalue weighted by molar-refractivity contribution is 6.31. The zero-order valence-corrected chi connectivity index (χ0v) is 17.8. The van der Waals surface area contributed by atoms with E-state index in [2.05, 4.69) is 25.8 Å². The molecule has 2 aliphatic heterocycles. The second-order valence-corrected chi connectivity index (χ2v) is 8.14. The van der Waals surface area contributed by atoms with E-state index in [-0.39, 0.29) is 11.9 Å². The Labute approximate surface area is 180 Å². The molecule has 1 aromatic heterocycles. The molecule has 2 saturated heterocycles. The number of nitrogens with zero attached hydrogens (tertiary/aromatic N) is 3. The van der Waals surface area contributed by atoms with Crippen LogP contribution in [0.3, 0.4) is 0 Å². The molecule has 1 atom stereocenters. The summed E-state index contributed by atoms with van der Waals surface area (Å²) in [5, 5.41) is 10.6. The number of hydrogen-bond acceptors (Lipinski definition) is 5. The molecule has 0 saturated carbocycles. The molecule has 3 amide bonds. The van der Waals surface area contributed by atoms with Crippen LogP contribution >= 0.6 is 11.6 Å². The lowest BCUT2D eigenvalue weighted by molar-refractivity contribution is -0.122. The van der Waals surface area contributed by atoms with E-state index in [1.54, 1.807) is 4.90 Å². The number of amides is 3. The summed E-state index contributed by atoms with van der Waals surface area (Å²) in [6.07, 6.45) is 2.58. The fraction of sp³-hybridized carbons (Fsp3) is 0.476. The van der Waals surface area contributed by atoms with Crippen LogP contribution in [0.2, 0.25) is 5.02 Å². The molecule has 2 aromatic rings. The fourth-order valence-corrected chi connectivity index (χ4v) is 4.21. The summed E-state index contributed by atoms with van der Waals surface area (Å²) < 4.78 is 0. The number of piperazine rings is 1. The van der Waals surface area contributed by atoms with Gasteiger partial charge < -0.3 is 25.8 Å². The Bertz CT molecular complexity index is 944. The van der Waals surface area contributed by atoms with Crippen LogP contribution in [-0.2, 0) is 4.79 Å². The quantitative estimate of drug-likeness (QED) is 0.695. The normalized spacial score (nSPS) is 19.9. The number of carbonyl (C=O) groups excluding carboxylic acids is 2. The highest BCUT2D eigenvalue weighted by atomic mass is 35.5. The average molecular weight is 431 g/mol. The Hall–Kier alpha value is -2.74. The van der Waals surface area contributed by atoms with Gasteiger partial charge in [0, 0.05) is 61.9 Å². The molecule has 30 heavy (non-hydrogen) atoms. The van der Waals surface area contributed by atoms with E-state index in [9.17, 15) is 9.59 Å². The summed E-state index contributed by atoms with van der Waals surface area (Å²) in [6.45, 7) is 3.27. The second kappa shape index (κ2) is 8.95. The third kappa shape index (κ3) is 4.38. The fourth-order valence-electron chi connectivity index (χ4n) is 4.04. The molecule has 2 aliphatic rings. The maximum atomic E-state index is 12.7. The van der Waals surface area contributed by atoms with Crippen LogP contribution in [0.1, 0.15) is 19.3 Å². The Balaban J connectivity index is 1.44. The van der Waals surface area contributed by atoms with Gasteiger partial charge in [-0.1, -0.05) is 11.6 Å². The number of rotatable bonds is 3. The predicted molar refractivity (Wildman–Crippen MR) is 119 cm³/mol. The smallest absolute Gasteiger partial charge is 0.318 e. The van der Waals surface area contributed by atoms with Crippen LogP contribution in [0.15, 0.2) is 24.3 Å². The average Bonchev–Trinajstić information content (AvgIpc) is 2.96. The number of carbonyl (C=O) groups is 2. The molecular formula is C21H27ClN6O2. The molecule has 4 rings (SSSR count). The third-order valence-electron chi connectivity index (χ3n) is 5.75. The van der Waals surface area contributed by atoms with E-state index < -0.39 is 6.04 Å². The number of fused-ring (bicyclic) bond motifs is 1. The number of anilines is 2. The Morgan fingerprint density at radius 3 is 2.77 bits per heavy atom. The van der Waals surface area contributed by atoms with Gasteiger partial charge in [-0.05, 0) is 37.5 Å². The molecular weight excluding hydrogens is 404 g/mol. The van der Waals surface area contributed by atoms with Gasteiger partial charge in [-0.15, -0.1) is 0 Å². The van der Waals surface area contributed by atoms with Crippen LogP contribution in [0, 0.1) is 0 Å². The van der Waals surface area contributed by atoms with Crippen molar-refractivity contribution in [3.63, 3.8) is 0 Å². The summed E-state index contributed by atoms with van der Waals surface area (Å²) in [5.41, 5.74) is 1.91. The largest absolute Gasteiger partial charge is 0.373 e. The first-order valence-corrected chi connectivity index (χ1v) is 10.8. The highest BCUT2D eigenvalue weighted by Crippen LogP contribution is 2.31. The molecule has 9 heteroatoms. The first-order valence-electron chi connectivity index (χ1n) is 10.4. The van der Waals surface area contributed by atoms with Gasteiger partial charge in [0.1, 0.15) is 11.9 Å². The van der Waals surface area contributed by atoms with Gasteiger partial charge in [0.05, 0.1) is 5.52 Å². The number of nitrogens with one attached hydrogen (secondary N) is 3. The van der Waals surface area contributed by atoms with Crippen LogP contribution < -0.4 is 20.9 Å². The Morgan fingerprint density at radius 1 is 1.20 bits per heavy atom. The monoisotopic (exact) mass is 430 g/mol. The van der Waals surface area contributed by atoms with Crippen molar-refractivity contribution in [2.24, 2.45) is 0 Å². The van der Waals surface area contributed by atoms with Crippen molar-refractivity contribution >= 4 is 45.9 Å². The Kier molecular flexibility index (Phi) is 6.13. The lowest BCUT2D eigenvalue weighted by atomic mass is 10.1. The molecule has 2 fully saturated rings. The minimum absolute atomic E-state index is 0.0824. The van der Waals surface area contributed by atoms with Crippen LogP contribution in [0.4, 0.5) is 16.3 Å². The van der Waals surface area contributed by atoms with Crippen molar-refractivity contribution < 1.29 is 9.59 Å². The molecule has 0 bridgehead atoms. The van der Waals surface area contributed by atoms with E-state index in [1.807, 2.05) is 31.3 Å². The number of urea groups is 1. The molecule has 3 N–H and O–H groups in total. The first-order chi connectivity index (χ1) is 14.5. The lowest BCUT2D eigenvalue weighted by Crippen LogP contribution is -2.55. The van der Waals surface area contributed by atoms with Crippen molar-refractivity contribution in [3.8, 4) is 0 Å². The van der Waals surface area contributed by atoms with E-state index in [1.165, 1.54) is 0 Å². The van der Waals surface area contributed by atoms with Crippen molar-refractivity contribution in [1.82, 2.24) is 20.5 Å². The molecule has 3 heterocycles. The van der Waals surface area contributed by atoms with Crippen LogP contribution in [-0.4, -0.2) is 67.6 Å². The van der Waals surface area contributed by atoms with Gasteiger partial charge in [-0.3, -0.25) is 4.79 Å². The minimum atomic E-state index is -0.440. The summed E-state index contributed by atoms with van der Waals surface area (Å²) >= 11 is 6.15. The van der Waals surface area contributed by atoms with Crippen molar-refractivity contribution in [2.75, 3.05) is 50.0 Å². The van der Waals surface area contributed by atoms with E-state index in [0.29, 0.717) is 44.2 Å². The third-order valence-corrected chi connectivity index (χ3v) is 5.98. The zero-order valence-electron chi connectivity index (χ0n) is 17.1. The summed E-state index contributed by atoms with van der Waals surface area (Å²) in [4.78, 5) is 33.5. The summed E-state index contributed by atoms with van der Waals surface area (Å²) in [7, 11) is 1.84. The molecule has 0 spiro atoms. The predicted octanol–water partition coefficient (Wildman–Crippen LogP) is 2.43. The second-order valence-electron chi connectivity index (χ2n) is 7.70. The maximum Gasteiger partial charge on any atom is 0.318 e. The van der Waals surface area contributed by atoms with Gasteiger partial charge in [-0.2, -0.15) is 0 Å². The number of benzene rings is 1. The van der Waals surface area contributed by atoms with E-state index >= 15 is 0 Å². The number of pyridine rings is 1. The zero-order chi connectivity index (χ0) is 21.1. The van der Waals surface area contributed by atoms with Gasteiger partial charge in [0.15, 0.2) is 0 Å². The number of aromatic nitrogens is 1. The van der Waals surface area contributed by atoms with Crippen LogP contribution in [0.25, 0.3) is 10.9 Å². The van der Waals surface area contributed by atoms with Gasteiger partial charge in [-0.25, -0.2) is 9.78 Å². The SMILES string of the molecule is CNc1cc(N2CCN(C(=O)N[C@H]3CCCCNC3=O)CC2)c2ccc(Cl)cc2n1. The van der Waals surface area contributed by atoms with Crippen molar-refractivity contribution in [2.45, 2.75) is 25.3 Å². The van der Waals surface area contributed by atoms with Crippen molar-refractivity contribution in [1.29, 1.82) is 0 Å². The summed E-state index contributed by atoms with van der Waals surface area (Å²) in [5.74, 6) is 0.695. The van der Waals surface area contributed by atoms with Gasteiger partial charge in [0.25, 0.3) is 0 Å². The molecule has 1 aromatic carbocycles. The molecule has 0 radical (unpaired) electrons. The van der Waals surface area contributed by atoms with Gasteiger partial charge >= 0.3 is 6.03 Å².